The summed E-state index contributed by atoms with van der Waals surface area (Å²) in [6, 6.07) is 0. The summed E-state index contributed by atoms with van der Waals surface area (Å²) in [7, 11) is -4.38. The Bertz CT molecular complexity index is 934. The van der Waals surface area contributed by atoms with Crippen LogP contribution in [0.1, 0.15) is 149 Å². The Labute approximate surface area is 292 Å². The monoisotopic (exact) mass is 697 g/mol. The molecule has 3 N–H and O–H groups in total. The molecule has 0 aliphatic heterocycles. The Balaban J connectivity index is 4.34. The van der Waals surface area contributed by atoms with Crippen molar-refractivity contribution in [1.82, 2.24) is 0 Å². The SMILES string of the molecule is CCCCC/C=C/C/C=C/C/C=C/CCCCC(=O)O[C@H](COC(=O)CCCCCCC/C=C/CCCCC)COP(=O)(O)OCCN. The number of hydrogen-bond donors (Lipinski definition) is 2. The Morgan fingerprint density at radius 1 is 0.625 bits per heavy atom. The van der Waals surface area contributed by atoms with E-state index >= 15 is 0 Å². The van der Waals surface area contributed by atoms with E-state index in [4.69, 9.17) is 24.3 Å². The summed E-state index contributed by atoms with van der Waals surface area (Å²) in [5.74, 6) is -0.890. The normalized spacial score (nSPS) is 14.0. The molecule has 2 atom stereocenters. The van der Waals surface area contributed by atoms with E-state index in [0.29, 0.717) is 12.8 Å². The van der Waals surface area contributed by atoms with Gasteiger partial charge in [-0.25, -0.2) is 4.57 Å². The zero-order valence-electron chi connectivity index (χ0n) is 30.2. The Morgan fingerprint density at radius 3 is 1.67 bits per heavy atom. The summed E-state index contributed by atoms with van der Waals surface area (Å²) in [5.41, 5.74) is 5.32. The number of unbranched alkanes of at least 4 members (excludes halogenated alkanes) is 13. The lowest BCUT2D eigenvalue weighted by Gasteiger charge is -2.19. The number of hydrogen-bond acceptors (Lipinski definition) is 8. The van der Waals surface area contributed by atoms with E-state index in [-0.39, 0.29) is 32.6 Å². The zero-order valence-corrected chi connectivity index (χ0v) is 31.1. The Kier molecular flexibility index (Phi) is 33.3. The molecule has 0 saturated carbocycles. The van der Waals surface area contributed by atoms with Crippen LogP contribution in [-0.2, 0) is 32.7 Å². The lowest BCUT2D eigenvalue weighted by atomic mass is 10.1. The van der Waals surface area contributed by atoms with Gasteiger partial charge in [0, 0.05) is 19.4 Å². The average Bonchev–Trinajstić information content (AvgIpc) is 3.07. The standard InChI is InChI=1S/C38H68NO8P/c1-3-5-7-9-11-13-15-17-18-19-21-23-25-27-29-31-38(41)47-36(35-46-48(42,43)45-33-32-39)34-44-37(40)30-28-26-24-22-20-16-14-12-10-8-6-4-2/h11-14,17-18,21,23,36H,3-10,15-16,19-20,22,24-35,39H2,1-2H3,(H,42,43)/b13-11+,14-12+,18-17+,23-21+/t36-/m1/s1. The number of allylic oxidation sites excluding steroid dienone is 8. The minimum absolute atomic E-state index is 0.0445. The fraction of sp³-hybridized carbons (Fsp3) is 0.737. The summed E-state index contributed by atoms with van der Waals surface area (Å²) >= 11 is 0. The smallest absolute Gasteiger partial charge is 0.462 e. The van der Waals surface area contributed by atoms with Crippen LogP contribution >= 0.6 is 7.82 Å². The van der Waals surface area contributed by atoms with Crippen LogP contribution < -0.4 is 5.73 Å². The highest BCUT2D eigenvalue weighted by molar-refractivity contribution is 7.47. The second-order valence-corrected chi connectivity index (χ2v) is 13.5. The van der Waals surface area contributed by atoms with E-state index in [1.54, 1.807) is 0 Å². The van der Waals surface area contributed by atoms with E-state index < -0.39 is 32.5 Å². The summed E-state index contributed by atoms with van der Waals surface area (Å²) in [6.07, 6.45) is 37.1. The molecule has 9 nitrogen and oxygen atoms in total. The fourth-order valence-electron chi connectivity index (χ4n) is 4.63. The van der Waals surface area contributed by atoms with Crippen molar-refractivity contribution in [3.8, 4) is 0 Å². The number of carbonyl (C=O) groups is 2. The second kappa shape index (κ2) is 34.8. The van der Waals surface area contributed by atoms with E-state index in [1.165, 1.54) is 38.5 Å². The highest BCUT2D eigenvalue weighted by Crippen LogP contribution is 2.43. The van der Waals surface area contributed by atoms with Crippen LogP contribution in [0.5, 0.6) is 0 Å². The van der Waals surface area contributed by atoms with Crippen molar-refractivity contribution in [2.24, 2.45) is 5.73 Å². The molecule has 0 heterocycles. The van der Waals surface area contributed by atoms with Gasteiger partial charge in [0.25, 0.3) is 0 Å². The van der Waals surface area contributed by atoms with Crippen LogP contribution in [0.2, 0.25) is 0 Å². The molecular formula is C38H68NO8P. The minimum Gasteiger partial charge on any atom is -0.462 e. The molecule has 0 aromatic carbocycles. The molecule has 0 aliphatic carbocycles. The van der Waals surface area contributed by atoms with Crippen LogP contribution in [-0.4, -0.2) is 49.3 Å². The van der Waals surface area contributed by atoms with Crippen LogP contribution in [0.4, 0.5) is 0 Å². The highest BCUT2D eigenvalue weighted by Gasteiger charge is 2.25. The van der Waals surface area contributed by atoms with Gasteiger partial charge in [0.15, 0.2) is 6.10 Å². The second-order valence-electron chi connectivity index (χ2n) is 12.1. The van der Waals surface area contributed by atoms with Gasteiger partial charge in [-0.1, -0.05) is 107 Å². The van der Waals surface area contributed by atoms with Crippen molar-refractivity contribution < 1.29 is 37.6 Å². The molecule has 10 heteroatoms. The van der Waals surface area contributed by atoms with Crippen molar-refractivity contribution in [3.05, 3.63) is 48.6 Å². The maximum Gasteiger partial charge on any atom is 0.472 e. The molecule has 48 heavy (non-hydrogen) atoms. The first-order valence-electron chi connectivity index (χ1n) is 18.6. The number of rotatable bonds is 34. The van der Waals surface area contributed by atoms with Crippen molar-refractivity contribution >= 4 is 19.8 Å². The van der Waals surface area contributed by atoms with Crippen LogP contribution in [0, 0.1) is 0 Å². The van der Waals surface area contributed by atoms with Gasteiger partial charge in [0.1, 0.15) is 6.61 Å². The molecule has 1 unspecified atom stereocenters. The predicted molar refractivity (Wildman–Crippen MR) is 196 cm³/mol. The first kappa shape index (κ1) is 46.0. The number of carbonyl (C=O) groups excluding carboxylic acids is 2. The van der Waals surface area contributed by atoms with Gasteiger partial charge in [-0.3, -0.25) is 18.6 Å². The molecule has 0 fully saturated rings. The van der Waals surface area contributed by atoms with E-state index in [9.17, 15) is 19.0 Å². The number of nitrogens with two attached hydrogens (primary N) is 1. The third-order valence-corrected chi connectivity index (χ3v) is 8.42. The van der Waals surface area contributed by atoms with Crippen molar-refractivity contribution in [2.75, 3.05) is 26.4 Å². The summed E-state index contributed by atoms with van der Waals surface area (Å²) < 4.78 is 32.6. The quantitative estimate of drug-likeness (QED) is 0.0291. The molecule has 0 rings (SSSR count). The lowest BCUT2D eigenvalue weighted by molar-refractivity contribution is -0.161. The van der Waals surface area contributed by atoms with Gasteiger partial charge in [0.05, 0.1) is 13.2 Å². The van der Waals surface area contributed by atoms with Gasteiger partial charge in [-0.15, -0.1) is 0 Å². The molecule has 0 aromatic rings. The maximum absolute atomic E-state index is 12.5. The molecule has 0 bridgehead atoms. The molecular weight excluding hydrogens is 629 g/mol. The van der Waals surface area contributed by atoms with Crippen LogP contribution in [0.25, 0.3) is 0 Å². The molecule has 0 aromatic heterocycles. The van der Waals surface area contributed by atoms with Crippen molar-refractivity contribution in [1.29, 1.82) is 0 Å². The topological polar surface area (TPSA) is 134 Å². The first-order valence-corrected chi connectivity index (χ1v) is 20.1. The van der Waals surface area contributed by atoms with E-state index in [1.807, 2.05) is 0 Å². The van der Waals surface area contributed by atoms with Gasteiger partial charge >= 0.3 is 19.8 Å². The number of ether oxygens (including phenoxy) is 2. The molecule has 0 spiro atoms. The fourth-order valence-corrected chi connectivity index (χ4v) is 5.40. The number of esters is 2. The number of phosphoric ester groups is 1. The van der Waals surface area contributed by atoms with Gasteiger partial charge in [-0.2, -0.15) is 0 Å². The Morgan fingerprint density at radius 2 is 1.08 bits per heavy atom. The molecule has 0 radical (unpaired) electrons. The van der Waals surface area contributed by atoms with Gasteiger partial charge in [0.2, 0.25) is 0 Å². The highest BCUT2D eigenvalue weighted by atomic mass is 31.2. The Hall–Kier alpha value is -2.03. The molecule has 0 amide bonds. The van der Waals surface area contributed by atoms with Crippen molar-refractivity contribution in [2.45, 2.75) is 155 Å². The predicted octanol–water partition coefficient (Wildman–Crippen LogP) is 9.99. The maximum atomic E-state index is 12.5. The van der Waals surface area contributed by atoms with Gasteiger partial charge < -0.3 is 20.1 Å². The lowest BCUT2D eigenvalue weighted by Crippen LogP contribution is -2.29. The van der Waals surface area contributed by atoms with Crippen LogP contribution in [0.3, 0.4) is 0 Å². The third-order valence-electron chi connectivity index (χ3n) is 7.44. The zero-order chi connectivity index (χ0) is 35.4. The largest absolute Gasteiger partial charge is 0.472 e. The summed E-state index contributed by atoms with van der Waals surface area (Å²) in [4.78, 5) is 34.6. The minimum atomic E-state index is -4.38. The van der Waals surface area contributed by atoms with E-state index in [2.05, 4.69) is 62.5 Å². The summed E-state index contributed by atoms with van der Waals surface area (Å²) in [6.45, 7) is 3.59. The van der Waals surface area contributed by atoms with Gasteiger partial charge in [-0.05, 0) is 77.0 Å². The number of phosphoric acid groups is 1. The first-order chi connectivity index (χ1) is 23.3. The summed E-state index contributed by atoms with van der Waals surface area (Å²) in [5, 5.41) is 0. The molecule has 0 saturated heterocycles. The molecule has 278 valence electrons. The average molecular weight is 698 g/mol. The molecule has 0 aliphatic rings. The van der Waals surface area contributed by atoms with E-state index in [0.717, 1.165) is 70.6 Å². The van der Waals surface area contributed by atoms with Crippen LogP contribution in [0.15, 0.2) is 48.6 Å². The van der Waals surface area contributed by atoms with Crippen molar-refractivity contribution in [3.63, 3.8) is 0 Å². The third kappa shape index (κ3) is 33.9.